The van der Waals surface area contributed by atoms with Gasteiger partial charge in [-0.25, -0.2) is 0 Å². The van der Waals surface area contributed by atoms with Crippen molar-refractivity contribution in [3.63, 3.8) is 0 Å². The molecule has 2 aromatic carbocycles. The lowest BCUT2D eigenvalue weighted by molar-refractivity contribution is -0.385. The van der Waals surface area contributed by atoms with Crippen LogP contribution in [0.1, 0.15) is 15.9 Å². The molecule has 8 heteroatoms. The summed E-state index contributed by atoms with van der Waals surface area (Å²) in [6.45, 7) is 3.37. The summed E-state index contributed by atoms with van der Waals surface area (Å²) in [5.41, 5.74) is 0.911. The van der Waals surface area contributed by atoms with E-state index in [-0.39, 0.29) is 23.7 Å². The van der Waals surface area contributed by atoms with Crippen molar-refractivity contribution < 1.29 is 14.5 Å². The molecular formula is C20H22N4O4. The fourth-order valence-electron chi connectivity index (χ4n) is 3.18. The average molecular weight is 382 g/mol. The standard InChI is InChI=1S/C20H22N4O4/c25-19(14-21-20(26)17-8-4-5-9-18(17)24(27)28)23-12-10-22(11-13-23)15-16-6-2-1-3-7-16/h1-9H,10-15H2,(H,21,26). The molecule has 0 unspecified atom stereocenters. The van der Waals surface area contributed by atoms with Gasteiger partial charge in [-0.2, -0.15) is 0 Å². The van der Waals surface area contributed by atoms with Gasteiger partial charge in [0.1, 0.15) is 5.56 Å². The molecule has 0 bridgehead atoms. The zero-order valence-corrected chi connectivity index (χ0v) is 15.4. The Bertz CT molecular complexity index is 848. The first kappa shape index (κ1) is 19.5. The third kappa shape index (κ3) is 4.92. The molecule has 1 N–H and O–H groups in total. The highest BCUT2D eigenvalue weighted by molar-refractivity contribution is 5.99. The van der Waals surface area contributed by atoms with Gasteiger partial charge in [-0.3, -0.25) is 24.6 Å². The quantitative estimate of drug-likeness (QED) is 0.606. The topological polar surface area (TPSA) is 95.8 Å². The fourth-order valence-corrected chi connectivity index (χ4v) is 3.18. The molecule has 2 amide bonds. The summed E-state index contributed by atoms with van der Waals surface area (Å²) in [4.78, 5) is 39.0. The summed E-state index contributed by atoms with van der Waals surface area (Å²) in [5, 5.41) is 13.5. The molecule has 0 spiro atoms. The number of para-hydroxylation sites is 1. The van der Waals surface area contributed by atoms with Gasteiger partial charge in [0, 0.05) is 38.8 Å². The number of nitro benzene ring substituents is 1. The maximum Gasteiger partial charge on any atom is 0.282 e. The number of nitrogens with zero attached hydrogens (tertiary/aromatic N) is 3. The minimum atomic E-state index is -0.622. The Labute approximate surface area is 162 Å². The van der Waals surface area contributed by atoms with Gasteiger partial charge < -0.3 is 10.2 Å². The van der Waals surface area contributed by atoms with E-state index in [4.69, 9.17) is 0 Å². The molecule has 8 nitrogen and oxygen atoms in total. The van der Waals surface area contributed by atoms with E-state index in [0.717, 1.165) is 19.6 Å². The second kappa shape index (κ2) is 9.09. The van der Waals surface area contributed by atoms with Crippen LogP contribution < -0.4 is 5.32 Å². The van der Waals surface area contributed by atoms with Crippen LogP contribution in [0.3, 0.4) is 0 Å². The van der Waals surface area contributed by atoms with Gasteiger partial charge in [0.25, 0.3) is 11.6 Å². The van der Waals surface area contributed by atoms with Gasteiger partial charge in [0.15, 0.2) is 0 Å². The van der Waals surface area contributed by atoms with Crippen molar-refractivity contribution >= 4 is 17.5 Å². The van der Waals surface area contributed by atoms with Crippen molar-refractivity contribution in [1.29, 1.82) is 0 Å². The third-order valence-corrected chi connectivity index (χ3v) is 4.72. The molecule has 28 heavy (non-hydrogen) atoms. The van der Waals surface area contributed by atoms with Crippen LogP contribution in [0.5, 0.6) is 0 Å². The number of hydrogen-bond donors (Lipinski definition) is 1. The van der Waals surface area contributed by atoms with E-state index in [9.17, 15) is 19.7 Å². The molecular weight excluding hydrogens is 360 g/mol. The second-order valence-corrected chi connectivity index (χ2v) is 6.60. The average Bonchev–Trinajstić information content (AvgIpc) is 2.73. The van der Waals surface area contributed by atoms with Crippen LogP contribution in [0.2, 0.25) is 0 Å². The lowest BCUT2D eigenvalue weighted by Crippen LogP contribution is -2.50. The van der Waals surface area contributed by atoms with Gasteiger partial charge in [-0.15, -0.1) is 0 Å². The number of carbonyl (C=O) groups is 2. The van der Waals surface area contributed by atoms with E-state index in [0.29, 0.717) is 13.1 Å². The molecule has 0 aromatic heterocycles. The Kier molecular flexibility index (Phi) is 6.33. The minimum absolute atomic E-state index is 0.0482. The number of amides is 2. The van der Waals surface area contributed by atoms with Crippen molar-refractivity contribution in [3.8, 4) is 0 Å². The Morgan fingerprint density at radius 2 is 1.61 bits per heavy atom. The monoisotopic (exact) mass is 382 g/mol. The lowest BCUT2D eigenvalue weighted by Gasteiger charge is -2.34. The molecule has 1 saturated heterocycles. The predicted octanol–water partition coefficient (Wildman–Crippen LogP) is 1.67. The maximum atomic E-state index is 12.4. The number of carbonyl (C=O) groups excluding carboxylic acids is 2. The second-order valence-electron chi connectivity index (χ2n) is 6.60. The predicted molar refractivity (Wildman–Crippen MR) is 104 cm³/mol. The Hall–Kier alpha value is -3.26. The normalized spacial score (nSPS) is 14.5. The van der Waals surface area contributed by atoms with Crippen LogP contribution in [0.25, 0.3) is 0 Å². The van der Waals surface area contributed by atoms with Gasteiger partial charge in [-0.1, -0.05) is 42.5 Å². The van der Waals surface area contributed by atoms with E-state index in [1.54, 1.807) is 11.0 Å². The molecule has 2 aromatic rings. The summed E-state index contributed by atoms with van der Waals surface area (Å²) >= 11 is 0. The highest BCUT2D eigenvalue weighted by Crippen LogP contribution is 2.17. The van der Waals surface area contributed by atoms with Gasteiger partial charge in [0.2, 0.25) is 5.91 Å². The summed E-state index contributed by atoms with van der Waals surface area (Å²) in [6.07, 6.45) is 0. The van der Waals surface area contributed by atoms with Crippen LogP contribution in [0.15, 0.2) is 54.6 Å². The summed E-state index contributed by atoms with van der Waals surface area (Å²) in [7, 11) is 0. The Morgan fingerprint density at radius 1 is 0.964 bits per heavy atom. The molecule has 1 heterocycles. The molecule has 0 aliphatic carbocycles. The number of nitrogens with one attached hydrogen (secondary N) is 1. The zero-order valence-electron chi connectivity index (χ0n) is 15.4. The summed E-state index contributed by atoms with van der Waals surface area (Å²) in [6, 6.07) is 15.8. The number of piperazine rings is 1. The van der Waals surface area contributed by atoms with E-state index < -0.39 is 10.8 Å². The molecule has 0 saturated carbocycles. The Morgan fingerprint density at radius 3 is 2.29 bits per heavy atom. The number of hydrogen-bond acceptors (Lipinski definition) is 5. The Balaban J connectivity index is 1.47. The molecule has 3 rings (SSSR count). The first-order valence-corrected chi connectivity index (χ1v) is 9.10. The van der Waals surface area contributed by atoms with Crippen molar-refractivity contribution in [1.82, 2.24) is 15.1 Å². The van der Waals surface area contributed by atoms with E-state index in [1.165, 1.54) is 23.8 Å². The van der Waals surface area contributed by atoms with Crippen LogP contribution >= 0.6 is 0 Å². The van der Waals surface area contributed by atoms with Crippen molar-refractivity contribution in [2.75, 3.05) is 32.7 Å². The van der Waals surface area contributed by atoms with Crippen LogP contribution in [0.4, 0.5) is 5.69 Å². The number of benzene rings is 2. The van der Waals surface area contributed by atoms with Crippen LogP contribution in [-0.2, 0) is 11.3 Å². The van der Waals surface area contributed by atoms with E-state index in [2.05, 4.69) is 22.3 Å². The van der Waals surface area contributed by atoms with E-state index in [1.807, 2.05) is 18.2 Å². The first-order chi connectivity index (χ1) is 13.5. The smallest absolute Gasteiger partial charge is 0.282 e. The lowest BCUT2D eigenvalue weighted by atomic mass is 10.1. The number of nitro groups is 1. The van der Waals surface area contributed by atoms with Crippen molar-refractivity contribution in [2.45, 2.75) is 6.54 Å². The largest absolute Gasteiger partial charge is 0.343 e. The van der Waals surface area contributed by atoms with Gasteiger partial charge in [-0.05, 0) is 11.6 Å². The first-order valence-electron chi connectivity index (χ1n) is 9.10. The SMILES string of the molecule is O=C(NCC(=O)N1CCN(Cc2ccccc2)CC1)c1ccccc1[N+](=O)[O-]. The summed E-state index contributed by atoms with van der Waals surface area (Å²) < 4.78 is 0. The number of rotatable bonds is 6. The highest BCUT2D eigenvalue weighted by Gasteiger charge is 2.23. The zero-order chi connectivity index (χ0) is 19.9. The summed E-state index contributed by atoms with van der Waals surface area (Å²) in [5.74, 6) is -0.811. The van der Waals surface area contributed by atoms with Gasteiger partial charge >= 0.3 is 0 Å². The van der Waals surface area contributed by atoms with Crippen LogP contribution in [-0.4, -0.2) is 59.3 Å². The van der Waals surface area contributed by atoms with E-state index >= 15 is 0 Å². The molecule has 0 radical (unpaired) electrons. The van der Waals surface area contributed by atoms with Crippen molar-refractivity contribution in [3.05, 3.63) is 75.8 Å². The molecule has 0 atom stereocenters. The fraction of sp³-hybridized carbons (Fsp3) is 0.300. The van der Waals surface area contributed by atoms with Crippen molar-refractivity contribution in [2.24, 2.45) is 0 Å². The van der Waals surface area contributed by atoms with Crippen LogP contribution in [0, 0.1) is 10.1 Å². The third-order valence-electron chi connectivity index (χ3n) is 4.72. The maximum absolute atomic E-state index is 12.4. The highest BCUT2D eigenvalue weighted by atomic mass is 16.6. The van der Waals surface area contributed by atoms with Gasteiger partial charge in [0.05, 0.1) is 11.5 Å². The minimum Gasteiger partial charge on any atom is -0.343 e. The molecule has 1 aliphatic heterocycles. The molecule has 146 valence electrons. The molecule has 1 aliphatic rings. The molecule has 1 fully saturated rings.